The van der Waals surface area contributed by atoms with Crippen molar-refractivity contribution in [3.05, 3.63) is 71.1 Å². The van der Waals surface area contributed by atoms with Crippen LogP contribution in [0.5, 0.6) is 23.0 Å². The van der Waals surface area contributed by atoms with Crippen LogP contribution in [-0.4, -0.2) is 55.4 Å². The third kappa shape index (κ3) is 8.88. The van der Waals surface area contributed by atoms with Crippen LogP contribution in [0, 0.1) is 10.8 Å². The molecule has 0 saturated carbocycles. The minimum atomic E-state index is -3.31. The first kappa shape index (κ1) is 46.1. The van der Waals surface area contributed by atoms with Crippen LogP contribution in [0.15, 0.2) is 18.2 Å². The molecular formula is C41H45Cl5NO10P. The van der Waals surface area contributed by atoms with Gasteiger partial charge in [-0.2, -0.15) is 0 Å². The number of hydrogen-bond donors (Lipinski definition) is 2. The van der Waals surface area contributed by atoms with Gasteiger partial charge in [0.05, 0.1) is 41.8 Å². The molecule has 1 unspecified atom stereocenters. The van der Waals surface area contributed by atoms with Crippen molar-refractivity contribution in [1.29, 1.82) is 0 Å². The summed E-state index contributed by atoms with van der Waals surface area (Å²) in [7, 11) is -3.31. The fraction of sp³-hybridized carbons (Fsp3) is 0.463. The Morgan fingerprint density at radius 2 is 1.41 bits per heavy atom. The van der Waals surface area contributed by atoms with Gasteiger partial charge in [0.2, 0.25) is 5.91 Å². The van der Waals surface area contributed by atoms with Gasteiger partial charge in [-0.1, -0.05) is 70.8 Å². The maximum absolute atomic E-state index is 14.1. The number of benzene rings is 3. The van der Waals surface area contributed by atoms with Gasteiger partial charge >= 0.3 is 17.9 Å². The first-order valence-electron chi connectivity index (χ1n) is 18.6. The Morgan fingerprint density at radius 3 is 2.02 bits per heavy atom. The highest BCUT2D eigenvalue weighted by molar-refractivity contribution is 7.70. The number of hydrogen-bond acceptors (Lipinski definition) is 10. The van der Waals surface area contributed by atoms with Gasteiger partial charge in [-0.25, -0.2) is 4.79 Å². The van der Waals surface area contributed by atoms with E-state index in [-0.39, 0.29) is 107 Å². The third-order valence-electron chi connectivity index (χ3n) is 9.59. The summed E-state index contributed by atoms with van der Waals surface area (Å²) in [4.78, 5) is 53.9. The molecule has 5 rings (SSSR count). The van der Waals surface area contributed by atoms with Crippen LogP contribution in [0.3, 0.4) is 0 Å². The molecule has 3 aromatic rings. The van der Waals surface area contributed by atoms with Crippen molar-refractivity contribution in [3.63, 3.8) is 0 Å². The molecule has 1 spiro atoms. The number of halogens is 5. The van der Waals surface area contributed by atoms with Gasteiger partial charge in [0.25, 0.3) is 0 Å². The second-order valence-electron chi connectivity index (χ2n) is 16.7. The Balaban J connectivity index is 1.80. The van der Waals surface area contributed by atoms with E-state index in [4.69, 9.17) is 82.1 Å². The van der Waals surface area contributed by atoms with E-state index >= 15 is 0 Å². The zero-order valence-corrected chi connectivity index (χ0v) is 38.0. The van der Waals surface area contributed by atoms with E-state index in [9.17, 15) is 23.7 Å². The molecule has 0 radical (unpaired) electrons. The Bertz CT molecular complexity index is 2260. The second-order valence-corrected chi connectivity index (χ2v) is 21.7. The highest BCUT2D eigenvalue weighted by Gasteiger charge is 2.58. The van der Waals surface area contributed by atoms with E-state index < -0.39 is 41.5 Å². The molecule has 2 N–H and O–H groups in total. The predicted octanol–water partition coefficient (Wildman–Crippen LogP) is 10.3. The number of carbonyl (C=O) groups is 4. The van der Waals surface area contributed by atoms with Gasteiger partial charge in [-0.05, 0) is 91.8 Å². The summed E-state index contributed by atoms with van der Waals surface area (Å²) in [5.41, 5.74) is -3.83. The average Bonchev–Trinajstić information content (AvgIpc) is 3.43. The van der Waals surface area contributed by atoms with Gasteiger partial charge < -0.3 is 33.9 Å². The van der Waals surface area contributed by atoms with Crippen LogP contribution in [0.1, 0.15) is 106 Å². The SMILES string of the molecule is CC(C)(C)C(=O)Oc1cc2c(cc1P(C)(C)=O)C1(OC(=O)c3c(Cl)c(Cl)c(Cl)c(Cl)c31)c1cc(CCC(=O)NCCCCCCO)c(OC(=O)C(C)(C)C)c(Cl)c1O2. The maximum Gasteiger partial charge on any atom is 0.341 e. The van der Waals surface area contributed by atoms with Crippen molar-refractivity contribution >= 4 is 94.3 Å². The summed E-state index contributed by atoms with van der Waals surface area (Å²) < 4.78 is 38.7. The molecule has 0 aliphatic carbocycles. The highest BCUT2D eigenvalue weighted by atomic mass is 35.5. The number of ether oxygens (including phenoxy) is 4. The van der Waals surface area contributed by atoms with E-state index in [0.29, 0.717) is 19.4 Å². The number of unbranched alkanes of at least 4 members (excludes halogenated alkanes) is 3. The summed E-state index contributed by atoms with van der Waals surface area (Å²) in [6.45, 7) is 13.4. The lowest BCUT2D eigenvalue weighted by Gasteiger charge is -2.38. The molecule has 3 aromatic carbocycles. The lowest BCUT2D eigenvalue weighted by Crippen LogP contribution is -2.35. The molecule has 58 heavy (non-hydrogen) atoms. The molecule has 0 fully saturated rings. The minimum absolute atomic E-state index is 0.0121. The predicted molar refractivity (Wildman–Crippen MR) is 226 cm³/mol. The summed E-state index contributed by atoms with van der Waals surface area (Å²) in [6, 6.07) is 4.34. The fourth-order valence-electron chi connectivity index (χ4n) is 6.42. The number of rotatable bonds is 12. The lowest BCUT2D eigenvalue weighted by atomic mass is 9.76. The fourth-order valence-corrected chi connectivity index (χ4v) is 8.86. The van der Waals surface area contributed by atoms with E-state index in [2.05, 4.69) is 5.32 Å². The standard InChI is InChI=1S/C41H45Cl5NO10P/c1-39(2,3)37(51)55-24-19-23-21(18-25(24)58(7,8)53)41(28-27(36(50)57-41)29(42)31(44)32(45)30(28)43)22-17-20(13-14-26(49)47-15-11-9-10-12-16-48)34(33(46)35(22)54-23)56-38(52)40(4,5)6/h17-19,48H,9-16H2,1-8H3,(H,47,49). The topological polar surface area (TPSA) is 155 Å². The second kappa shape index (κ2) is 17.2. The quantitative estimate of drug-likeness (QED) is 0.0448. The van der Waals surface area contributed by atoms with Crippen molar-refractivity contribution in [2.45, 2.75) is 85.7 Å². The summed E-state index contributed by atoms with van der Waals surface area (Å²) in [5, 5.41) is 11.0. The molecular weight excluding hydrogens is 875 g/mol. The molecule has 2 aliphatic heterocycles. The number of nitrogens with one attached hydrogen (secondary N) is 1. The van der Waals surface area contributed by atoms with Crippen molar-refractivity contribution in [2.24, 2.45) is 10.8 Å². The first-order chi connectivity index (χ1) is 26.9. The number of carbonyl (C=O) groups excluding carboxylic acids is 4. The number of aliphatic hydroxyl groups is 1. The molecule has 1 atom stereocenters. The highest BCUT2D eigenvalue weighted by Crippen LogP contribution is 2.63. The molecule has 1 amide bonds. The van der Waals surface area contributed by atoms with Gasteiger partial charge in [-0.3, -0.25) is 14.4 Å². The molecule has 2 aliphatic rings. The van der Waals surface area contributed by atoms with Gasteiger partial charge in [0.1, 0.15) is 23.7 Å². The number of fused-ring (bicyclic) bond motifs is 6. The number of aryl methyl sites for hydroxylation is 1. The number of esters is 3. The third-order valence-corrected chi connectivity index (χ3v) is 13.2. The van der Waals surface area contributed by atoms with E-state index in [1.165, 1.54) is 31.5 Å². The molecule has 0 aromatic heterocycles. The molecule has 314 valence electrons. The summed E-state index contributed by atoms with van der Waals surface area (Å²) >= 11 is 34.0. The van der Waals surface area contributed by atoms with E-state index in [0.717, 1.165) is 12.8 Å². The van der Waals surface area contributed by atoms with Crippen LogP contribution in [0.25, 0.3) is 0 Å². The molecule has 2 heterocycles. The Hall–Kier alpha value is -3.02. The minimum Gasteiger partial charge on any atom is -0.455 e. The largest absolute Gasteiger partial charge is 0.455 e. The van der Waals surface area contributed by atoms with Crippen LogP contribution >= 0.6 is 65.1 Å². The van der Waals surface area contributed by atoms with Gasteiger partial charge in [0.15, 0.2) is 17.1 Å². The average molecular weight is 920 g/mol. The van der Waals surface area contributed by atoms with Crippen LogP contribution in [0.4, 0.5) is 0 Å². The normalized spacial score (nSPS) is 15.9. The smallest absolute Gasteiger partial charge is 0.341 e. The molecule has 17 heteroatoms. The number of aliphatic hydroxyl groups excluding tert-OH is 1. The van der Waals surface area contributed by atoms with Crippen LogP contribution < -0.4 is 24.8 Å². The van der Waals surface area contributed by atoms with Crippen molar-refractivity contribution in [2.75, 3.05) is 26.5 Å². The summed E-state index contributed by atoms with van der Waals surface area (Å²) in [6.07, 6.45) is 2.97. The van der Waals surface area contributed by atoms with Gasteiger partial charge in [-0.15, -0.1) is 0 Å². The van der Waals surface area contributed by atoms with Crippen molar-refractivity contribution in [3.8, 4) is 23.0 Å². The number of amides is 1. The van der Waals surface area contributed by atoms with Crippen molar-refractivity contribution < 1.29 is 47.8 Å². The van der Waals surface area contributed by atoms with Gasteiger partial charge in [0, 0.05) is 42.3 Å². The van der Waals surface area contributed by atoms with Crippen molar-refractivity contribution in [1.82, 2.24) is 5.32 Å². The monoisotopic (exact) mass is 917 g/mol. The van der Waals surface area contributed by atoms with E-state index in [1.54, 1.807) is 41.5 Å². The Labute approximate surface area is 362 Å². The Morgan fingerprint density at radius 1 is 0.810 bits per heavy atom. The van der Waals surface area contributed by atoms with Crippen LogP contribution in [0.2, 0.25) is 25.1 Å². The molecule has 11 nitrogen and oxygen atoms in total. The molecule has 0 bridgehead atoms. The zero-order chi connectivity index (χ0) is 43.3. The maximum atomic E-state index is 14.1. The first-order valence-corrected chi connectivity index (χ1v) is 23.0. The van der Waals surface area contributed by atoms with Crippen LogP contribution in [-0.2, 0) is 35.7 Å². The molecule has 0 saturated heterocycles. The van der Waals surface area contributed by atoms with E-state index in [1.807, 2.05) is 0 Å². The lowest BCUT2D eigenvalue weighted by molar-refractivity contribution is -0.143. The summed E-state index contributed by atoms with van der Waals surface area (Å²) in [5.74, 6) is -2.91. The zero-order valence-electron chi connectivity index (χ0n) is 33.3. The Kier molecular flexibility index (Phi) is 13.6.